The molecular formula is C37H21N3O. The lowest BCUT2D eigenvalue weighted by atomic mass is 10.1. The molecule has 0 amide bonds. The summed E-state index contributed by atoms with van der Waals surface area (Å²) in [4.78, 5) is 3.85. The van der Waals surface area contributed by atoms with E-state index in [0.717, 1.165) is 55.1 Å². The minimum atomic E-state index is 0.668. The molecule has 9 rings (SSSR count). The molecule has 0 aliphatic heterocycles. The molecule has 4 heteroatoms. The van der Waals surface area contributed by atoms with E-state index in [-0.39, 0.29) is 0 Å². The first kappa shape index (κ1) is 22.1. The van der Waals surface area contributed by atoms with E-state index in [1.807, 2.05) is 18.2 Å². The lowest BCUT2D eigenvalue weighted by Gasteiger charge is -2.11. The summed E-state index contributed by atoms with van der Waals surface area (Å²) in [5, 5.41) is 6.67. The number of benzene rings is 6. The highest BCUT2D eigenvalue weighted by Gasteiger charge is 2.19. The fraction of sp³-hybridized carbons (Fsp3) is 0. The molecular weight excluding hydrogens is 502 g/mol. The average Bonchev–Trinajstić information content (AvgIpc) is 3.68. The summed E-state index contributed by atoms with van der Waals surface area (Å²) in [5.74, 6) is 0. The molecule has 3 aromatic heterocycles. The zero-order valence-corrected chi connectivity index (χ0v) is 21.9. The first-order chi connectivity index (χ1) is 20.3. The summed E-state index contributed by atoms with van der Waals surface area (Å²) in [7, 11) is 0. The van der Waals surface area contributed by atoms with Gasteiger partial charge in [-0.15, -0.1) is 0 Å². The van der Waals surface area contributed by atoms with Gasteiger partial charge in [0.15, 0.2) is 5.69 Å². The number of para-hydroxylation sites is 3. The molecule has 0 saturated carbocycles. The largest absolute Gasteiger partial charge is 0.456 e. The Hall–Kier alpha value is -5.79. The molecule has 0 atom stereocenters. The van der Waals surface area contributed by atoms with Gasteiger partial charge in [-0.05, 0) is 60.0 Å². The van der Waals surface area contributed by atoms with Crippen LogP contribution < -0.4 is 0 Å². The zero-order valence-electron chi connectivity index (χ0n) is 21.9. The standard InChI is InChI=1S/C37H21N3O/c1-38-28-13-8-17-32-36(28)26-12-4-7-16-31(26)39(32)23-20-21-34-27(22-23)37-33(18-9-19-35(37)41-34)40-29-14-5-2-10-24(29)25-11-3-6-15-30(25)40/h2-22H. The van der Waals surface area contributed by atoms with Gasteiger partial charge in [0.1, 0.15) is 11.2 Å². The van der Waals surface area contributed by atoms with Crippen LogP contribution in [-0.2, 0) is 0 Å². The number of hydrogen-bond donors (Lipinski definition) is 0. The van der Waals surface area contributed by atoms with Crippen molar-refractivity contribution in [3.8, 4) is 11.4 Å². The van der Waals surface area contributed by atoms with E-state index < -0.39 is 0 Å². The summed E-state index contributed by atoms with van der Waals surface area (Å²) >= 11 is 0. The summed E-state index contributed by atoms with van der Waals surface area (Å²) < 4.78 is 11.1. The van der Waals surface area contributed by atoms with Crippen molar-refractivity contribution in [1.29, 1.82) is 0 Å². The van der Waals surface area contributed by atoms with Gasteiger partial charge in [-0.3, -0.25) is 0 Å². The van der Waals surface area contributed by atoms with Crippen LogP contribution in [0.1, 0.15) is 0 Å². The van der Waals surface area contributed by atoms with Crippen molar-refractivity contribution in [2.45, 2.75) is 0 Å². The molecule has 0 spiro atoms. The van der Waals surface area contributed by atoms with E-state index in [4.69, 9.17) is 11.0 Å². The van der Waals surface area contributed by atoms with Gasteiger partial charge in [-0.25, -0.2) is 4.85 Å². The van der Waals surface area contributed by atoms with Gasteiger partial charge in [-0.2, -0.15) is 0 Å². The highest BCUT2D eigenvalue weighted by Crippen LogP contribution is 2.41. The topological polar surface area (TPSA) is 27.4 Å². The predicted octanol–water partition coefficient (Wildman–Crippen LogP) is 10.3. The second kappa shape index (κ2) is 8.11. The molecule has 0 unspecified atom stereocenters. The summed E-state index contributed by atoms with van der Waals surface area (Å²) in [5.41, 5.74) is 8.93. The molecule has 6 aromatic carbocycles. The van der Waals surface area contributed by atoms with Crippen molar-refractivity contribution in [2.24, 2.45) is 0 Å². The Balaban J connectivity index is 1.40. The second-order valence-corrected chi connectivity index (χ2v) is 10.4. The van der Waals surface area contributed by atoms with Crippen LogP contribution >= 0.6 is 0 Å². The summed E-state index contributed by atoms with van der Waals surface area (Å²) in [6, 6.07) is 44.2. The van der Waals surface area contributed by atoms with Crippen LogP contribution in [0.15, 0.2) is 132 Å². The Kier molecular flexibility index (Phi) is 4.37. The average molecular weight is 524 g/mol. The van der Waals surface area contributed by atoms with Crippen LogP contribution in [0.25, 0.3) is 81.8 Å². The normalized spacial score (nSPS) is 11.9. The minimum Gasteiger partial charge on any atom is -0.456 e. The van der Waals surface area contributed by atoms with Crippen molar-refractivity contribution < 1.29 is 4.42 Å². The van der Waals surface area contributed by atoms with Crippen LogP contribution in [0.3, 0.4) is 0 Å². The van der Waals surface area contributed by atoms with Crippen LogP contribution in [0, 0.1) is 6.57 Å². The van der Waals surface area contributed by atoms with Crippen molar-refractivity contribution in [3.63, 3.8) is 0 Å². The first-order valence-electron chi connectivity index (χ1n) is 13.7. The first-order valence-corrected chi connectivity index (χ1v) is 13.7. The van der Waals surface area contributed by atoms with Gasteiger partial charge in [0, 0.05) is 32.7 Å². The van der Waals surface area contributed by atoms with E-state index in [1.165, 1.54) is 21.8 Å². The van der Waals surface area contributed by atoms with Gasteiger partial charge in [0.25, 0.3) is 0 Å². The fourth-order valence-electron chi connectivity index (χ4n) is 6.68. The molecule has 0 fully saturated rings. The Morgan fingerprint density at radius 3 is 1.85 bits per heavy atom. The van der Waals surface area contributed by atoms with E-state index in [2.05, 4.69) is 123 Å². The van der Waals surface area contributed by atoms with Crippen LogP contribution in [0.2, 0.25) is 0 Å². The molecule has 0 aliphatic rings. The van der Waals surface area contributed by atoms with Crippen molar-refractivity contribution in [1.82, 2.24) is 9.13 Å². The molecule has 0 N–H and O–H groups in total. The van der Waals surface area contributed by atoms with E-state index in [1.54, 1.807) is 0 Å². The van der Waals surface area contributed by atoms with E-state index in [9.17, 15) is 0 Å². The zero-order chi connectivity index (χ0) is 27.1. The molecule has 0 aliphatic carbocycles. The fourth-order valence-corrected chi connectivity index (χ4v) is 6.68. The van der Waals surface area contributed by atoms with Gasteiger partial charge in [-0.1, -0.05) is 72.8 Å². The highest BCUT2D eigenvalue weighted by atomic mass is 16.3. The quantitative estimate of drug-likeness (QED) is 0.207. The van der Waals surface area contributed by atoms with Gasteiger partial charge >= 0.3 is 0 Å². The summed E-state index contributed by atoms with van der Waals surface area (Å²) in [6.07, 6.45) is 0. The number of fused-ring (bicyclic) bond motifs is 9. The maximum atomic E-state index is 7.80. The van der Waals surface area contributed by atoms with Crippen molar-refractivity contribution in [3.05, 3.63) is 139 Å². The van der Waals surface area contributed by atoms with Gasteiger partial charge in [0.2, 0.25) is 0 Å². The third-order valence-electron chi connectivity index (χ3n) is 8.33. The molecule has 9 aromatic rings. The number of nitrogens with zero attached hydrogens (tertiary/aromatic N) is 3. The van der Waals surface area contributed by atoms with Crippen LogP contribution in [0.5, 0.6) is 0 Å². The maximum Gasteiger partial charge on any atom is 0.197 e. The Bertz CT molecular complexity index is 2500. The molecule has 190 valence electrons. The molecule has 0 radical (unpaired) electrons. The predicted molar refractivity (Wildman–Crippen MR) is 169 cm³/mol. The maximum absolute atomic E-state index is 7.80. The Labute approximate surface area is 234 Å². The monoisotopic (exact) mass is 523 g/mol. The SMILES string of the molecule is [C-]#[N+]c1cccc2c1c1ccccc1n2-c1ccc2oc3cccc(-n4c5ccccc5c5ccccc54)c3c2c1. The molecule has 0 saturated heterocycles. The van der Waals surface area contributed by atoms with E-state index in [0.29, 0.717) is 5.69 Å². The third kappa shape index (κ3) is 2.92. The third-order valence-corrected chi connectivity index (χ3v) is 8.33. The van der Waals surface area contributed by atoms with Crippen LogP contribution in [-0.4, -0.2) is 9.13 Å². The van der Waals surface area contributed by atoms with Crippen LogP contribution in [0.4, 0.5) is 5.69 Å². The van der Waals surface area contributed by atoms with Gasteiger partial charge in [0.05, 0.1) is 34.2 Å². The molecule has 4 nitrogen and oxygen atoms in total. The van der Waals surface area contributed by atoms with Gasteiger partial charge < -0.3 is 13.6 Å². The molecule has 0 bridgehead atoms. The molecule has 3 heterocycles. The number of rotatable bonds is 2. The highest BCUT2D eigenvalue weighted by molar-refractivity contribution is 6.17. The van der Waals surface area contributed by atoms with Crippen molar-refractivity contribution >= 4 is 71.2 Å². The van der Waals surface area contributed by atoms with Crippen molar-refractivity contribution in [2.75, 3.05) is 0 Å². The number of hydrogen-bond acceptors (Lipinski definition) is 1. The van der Waals surface area contributed by atoms with E-state index >= 15 is 0 Å². The Morgan fingerprint density at radius 2 is 1.12 bits per heavy atom. The lowest BCUT2D eigenvalue weighted by Crippen LogP contribution is -1.95. The molecule has 41 heavy (non-hydrogen) atoms. The smallest absolute Gasteiger partial charge is 0.197 e. The minimum absolute atomic E-state index is 0.668. The number of furan rings is 1. The second-order valence-electron chi connectivity index (χ2n) is 10.4. The number of aromatic nitrogens is 2. The Morgan fingerprint density at radius 1 is 0.488 bits per heavy atom. The lowest BCUT2D eigenvalue weighted by molar-refractivity contribution is 0.669. The summed E-state index contributed by atoms with van der Waals surface area (Å²) in [6.45, 7) is 7.80.